The van der Waals surface area contributed by atoms with Crippen molar-refractivity contribution < 1.29 is 0 Å². The molecular formula is C41H28N2. The summed E-state index contributed by atoms with van der Waals surface area (Å²) in [5.41, 5.74) is 24.7. The summed E-state index contributed by atoms with van der Waals surface area (Å²) in [5.74, 6) is 0. The van der Waals surface area contributed by atoms with E-state index in [4.69, 9.17) is 11.5 Å². The smallest absolute Gasteiger partial charge is 0.0726 e. The lowest BCUT2D eigenvalue weighted by Crippen LogP contribution is -2.30. The molecule has 0 aromatic heterocycles. The Hall–Kier alpha value is -5.60. The Labute approximate surface area is 250 Å². The van der Waals surface area contributed by atoms with Gasteiger partial charge >= 0.3 is 0 Å². The summed E-state index contributed by atoms with van der Waals surface area (Å²) in [6.45, 7) is 0. The van der Waals surface area contributed by atoms with Gasteiger partial charge in [-0.25, -0.2) is 0 Å². The molecule has 1 aliphatic carbocycles. The van der Waals surface area contributed by atoms with Gasteiger partial charge in [0.1, 0.15) is 0 Å². The molecule has 0 amide bonds. The highest BCUT2D eigenvalue weighted by molar-refractivity contribution is 6.29. The third-order valence-corrected chi connectivity index (χ3v) is 9.62. The fourth-order valence-corrected chi connectivity index (χ4v) is 7.95. The zero-order valence-corrected chi connectivity index (χ0v) is 23.5. The van der Waals surface area contributed by atoms with Gasteiger partial charge in [0.05, 0.1) is 5.41 Å². The Balaban J connectivity index is 1.61. The Bertz CT molecular complexity index is 2310. The van der Waals surface area contributed by atoms with E-state index in [1.165, 1.54) is 54.9 Å². The molecule has 8 aromatic rings. The maximum Gasteiger partial charge on any atom is 0.0726 e. The summed E-state index contributed by atoms with van der Waals surface area (Å²) < 4.78 is 0. The molecule has 2 nitrogen and oxygen atoms in total. The zero-order valence-electron chi connectivity index (χ0n) is 23.5. The lowest BCUT2D eigenvalue weighted by atomic mass is 9.64. The first-order chi connectivity index (χ1) is 21.2. The lowest BCUT2D eigenvalue weighted by molar-refractivity contribution is 0.779. The standard InChI is InChI=1S/C41H28N2/c42-35-24-20-26-19-21-32-38-31(23-22-30(35)36(26)38)39(37(40(32)43)25-11-3-1-4-12-25)41(27-13-5-2-6-14-27)33-17-9-7-15-28(33)29-16-8-10-18-34(29)41/h1-24H,42-43H2. The van der Waals surface area contributed by atoms with Crippen molar-refractivity contribution >= 4 is 43.7 Å². The molecule has 0 saturated heterocycles. The molecule has 1 aliphatic rings. The van der Waals surface area contributed by atoms with Crippen LogP contribution >= 0.6 is 0 Å². The van der Waals surface area contributed by atoms with Gasteiger partial charge in [-0.2, -0.15) is 0 Å². The molecule has 0 bridgehead atoms. The average Bonchev–Trinajstić information content (AvgIpc) is 3.37. The number of hydrogen-bond donors (Lipinski definition) is 2. The van der Waals surface area contributed by atoms with Gasteiger partial charge in [0.25, 0.3) is 0 Å². The van der Waals surface area contributed by atoms with Gasteiger partial charge in [0, 0.05) is 27.7 Å². The minimum Gasteiger partial charge on any atom is -0.398 e. The predicted molar refractivity (Wildman–Crippen MR) is 182 cm³/mol. The molecular weight excluding hydrogens is 520 g/mol. The summed E-state index contributed by atoms with van der Waals surface area (Å²) in [6.07, 6.45) is 0. The molecule has 0 aliphatic heterocycles. The van der Waals surface area contributed by atoms with Crippen LogP contribution in [0.25, 0.3) is 54.6 Å². The highest BCUT2D eigenvalue weighted by atomic mass is 14.6. The minimum absolute atomic E-state index is 0.610. The van der Waals surface area contributed by atoms with Crippen LogP contribution in [0.5, 0.6) is 0 Å². The van der Waals surface area contributed by atoms with Crippen LogP contribution in [0.2, 0.25) is 0 Å². The summed E-state index contributed by atoms with van der Waals surface area (Å²) in [4.78, 5) is 0. The number of nitrogen functional groups attached to an aromatic ring is 2. The minimum atomic E-state index is -0.610. The first-order valence-corrected chi connectivity index (χ1v) is 14.8. The summed E-state index contributed by atoms with van der Waals surface area (Å²) in [6, 6.07) is 52.4. The Morgan fingerprint density at radius 2 is 1.00 bits per heavy atom. The quantitative estimate of drug-likeness (QED) is 0.171. The maximum absolute atomic E-state index is 7.41. The molecule has 4 N–H and O–H groups in total. The van der Waals surface area contributed by atoms with Crippen LogP contribution in [0.3, 0.4) is 0 Å². The van der Waals surface area contributed by atoms with Gasteiger partial charge in [0.15, 0.2) is 0 Å². The van der Waals surface area contributed by atoms with E-state index in [-0.39, 0.29) is 0 Å². The van der Waals surface area contributed by atoms with E-state index < -0.39 is 5.41 Å². The van der Waals surface area contributed by atoms with E-state index in [9.17, 15) is 0 Å². The number of hydrogen-bond acceptors (Lipinski definition) is 2. The molecule has 0 atom stereocenters. The van der Waals surface area contributed by atoms with Crippen molar-refractivity contribution in [2.24, 2.45) is 0 Å². The van der Waals surface area contributed by atoms with Gasteiger partial charge in [0.2, 0.25) is 0 Å². The molecule has 43 heavy (non-hydrogen) atoms. The molecule has 9 rings (SSSR count). The first kappa shape index (κ1) is 24.0. The second-order valence-corrected chi connectivity index (χ2v) is 11.6. The van der Waals surface area contributed by atoms with Crippen molar-refractivity contribution in [3.05, 3.63) is 168 Å². The SMILES string of the molecule is Nc1ccc2ccc3c(N)c(-c4ccccc4)c(C4(c5ccccc5)c5ccccc5-c5ccccc54)c4ccc1c2c34. The van der Waals surface area contributed by atoms with Crippen LogP contribution in [0.4, 0.5) is 11.4 Å². The lowest BCUT2D eigenvalue weighted by Gasteiger charge is -2.37. The highest BCUT2D eigenvalue weighted by Crippen LogP contribution is 2.61. The topological polar surface area (TPSA) is 52.0 Å². The van der Waals surface area contributed by atoms with Crippen molar-refractivity contribution in [1.82, 2.24) is 0 Å². The molecule has 2 heteroatoms. The third-order valence-electron chi connectivity index (χ3n) is 9.62. The van der Waals surface area contributed by atoms with Gasteiger partial charge in [-0.15, -0.1) is 0 Å². The van der Waals surface area contributed by atoms with E-state index in [1.807, 2.05) is 6.07 Å². The van der Waals surface area contributed by atoms with E-state index in [0.717, 1.165) is 33.3 Å². The van der Waals surface area contributed by atoms with Crippen molar-refractivity contribution in [1.29, 1.82) is 0 Å². The van der Waals surface area contributed by atoms with Gasteiger partial charge in [-0.3, -0.25) is 0 Å². The molecule has 0 radical (unpaired) electrons. The second-order valence-electron chi connectivity index (χ2n) is 11.6. The Morgan fingerprint density at radius 1 is 0.442 bits per heavy atom. The molecule has 8 aromatic carbocycles. The Morgan fingerprint density at radius 3 is 1.70 bits per heavy atom. The van der Waals surface area contributed by atoms with E-state index in [0.29, 0.717) is 0 Å². The molecule has 0 saturated carbocycles. The number of nitrogens with two attached hydrogens (primary N) is 2. The van der Waals surface area contributed by atoms with Crippen LogP contribution in [0, 0.1) is 0 Å². The van der Waals surface area contributed by atoms with Gasteiger partial charge < -0.3 is 11.5 Å². The zero-order chi connectivity index (χ0) is 28.7. The largest absolute Gasteiger partial charge is 0.398 e. The molecule has 202 valence electrons. The van der Waals surface area contributed by atoms with Crippen molar-refractivity contribution in [3.8, 4) is 22.3 Å². The van der Waals surface area contributed by atoms with Crippen LogP contribution in [0.1, 0.15) is 22.3 Å². The highest BCUT2D eigenvalue weighted by Gasteiger charge is 2.48. The normalized spacial score (nSPS) is 13.5. The van der Waals surface area contributed by atoms with Gasteiger partial charge in [-0.05, 0) is 66.6 Å². The van der Waals surface area contributed by atoms with Crippen LogP contribution in [-0.4, -0.2) is 0 Å². The van der Waals surface area contributed by atoms with E-state index in [2.05, 4.69) is 140 Å². The number of fused-ring (bicyclic) bond motifs is 3. The molecule has 0 fully saturated rings. The van der Waals surface area contributed by atoms with Crippen LogP contribution in [-0.2, 0) is 5.41 Å². The molecule has 0 heterocycles. The summed E-state index contributed by atoms with van der Waals surface area (Å²) in [5, 5.41) is 6.83. The average molecular weight is 549 g/mol. The maximum atomic E-state index is 7.41. The van der Waals surface area contributed by atoms with Crippen LogP contribution < -0.4 is 11.5 Å². The fourth-order valence-electron chi connectivity index (χ4n) is 7.95. The first-order valence-electron chi connectivity index (χ1n) is 14.8. The van der Waals surface area contributed by atoms with E-state index >= 15 is 0 Å². The van der Waals surface area contributed by atoms with Crippen molar-refractivity contribution in [2.45, 2.75) is 5.41 Å². The summed E-state index contributed by atoms with van der Waals surface area (Å²) in [7, 11) is 0. The van der Waals surface area contributed by atoms with Gasteiger partial charge in [-0.1, -0.05) is 140 Å². The molecule has 0 spiro atoms. The van der Waals surface area contributed by atoms with Crippen molar-refractivity contribution in [2.75, 3.05) is 11.5 Å². The Kier molecular flexibility index (Phi) is 4.87. The number of anilines is 2. The molecule has 0 unspecified atom stereocenters. The van der Waals surface area contributed by atoms with E-state index in [1.54, 1.807) is 0 Å². The van der Waals surface area contributed by atoms with Crippen LogP contribution in [0.15, 0.2) is 146 Å². The van der Waals surface area contributed by atoms with Crippen molar-refractivity contribution in [3.63, 3.8) is 0 Å². The third kappa shape index (κ3) is 3.02. The summed E-state index contributed by atoms with van der Waals surface area (Å²) >= 11 is 0. The fraction of sp³-hybridized carbons (Fsp3) is 0.0244. The monoisotopic (exact) mass is 548 g/mol. The predicted octanol–water partition coefficient (Wildman–Crippen LogP) is 9.78. The number of benzene rings is 8. The number of rotatable bonds is 3. The second kappa shape index (κ2) is 8.70.